The van der Waals surface area contributed by atoms with Crippen molar-refractivity contribution < 1.29 is 0 Å². The Labute approximate surface area is 114 Å². The molecule has 0 bridgehead atoms. The highest BCUT2D eigenvalue weighted by atomic mass is 15.1. The molecule has 0 saturated carbocycles. The molecule has 0 spiro atoms. The van der Waals surface area contributed by atoms with Crippen LogP contribution in [0.25, 0.3) is 0 Å². The number of hydrogen-bond acceptors (Lipinski definition) is 3. The van der Waals surface area contributed by atoms with Gasteiger partial charge in [0, 0.05) is 6.04 Å². The SMILES string of the molecule is CCN(CC)CCCNCCC1CCCCN1C. The summed E-state index contributed by atoms with van der Waals surface area (Å²) in [7, 11) is 2.28. The predicted octanol–water partition coefficient (Wildman–Crippen LogP) is 2.18. The molecule has 1 fully saturated rings. The van der Waals surface area contributed by atoms with Crippen molar-refractivity contribution in [2.24, 2.45) is 0 Å². The van der Waals surface area contributed by atoms with Crippen LogP contribution in [0.3, 0.4) is 0 Å². The Kier molecular flexibility index (Phi) is 8.64. The minimum absolute atomic E-state index is 0.828. The van der Waals surface area contributed by atoms with Gasteiger partial charge in [-0.2, -0.15) is 0 Å². The Hall–Kier alpha value is -0.120. The maximum atomic E-state index is 3.60. The van der Waals surface area contributed by atoms with Crippen LogP contribution < -0.4 is 5.32 Å². The van der Waals surface area contributed by atoms with Crippen molar-refractivity contribution in [3.8, 4) is 0 Å². The first-order valence-electron chi connectivity index (χ1n) is 7.91. The molecule has 0 aromatic heterocycles. The zero-order valence-electron chi connectivity index (χ0n) is 12.7. The monoisotopic (exact) mass is 255 g/mol. The Morgan fingerprint density at radius 3 is 2.61 bits per heavy atom. The van der Waals surface area contributed by atoms with E-state index in [2.05, 4.69) is 36.0 Å². The van der Waals surface area contributed by atoms with Crippen molar-refractivity contribution in [2.45, 2.75) is 52.0 Å². The lowest BCUT2D eigenvalue weighted by molar-refractivity contribution is 0.175. The van der Waals surface area contributed by atoms with E-state index in [9.17, 15) is 0 Å². The van der Waals surface area contributed by atoms with Gasteiger partial charge in [-0.25, -0.2) is 0 Å². The molecule has 108 valence electrons. The zero-order chi connectivity index (χ0) is 13.2. The van der Waals surface area contributed by atoms with E-state index in [0.29, 0.717) is 0 Å². The Morgan fingerprint density at radius 1 is 1.17 bits per heavy atom. The molecule has 1 N–H and O–H groups in total. The number of nitrogens with zero attached hydrogens (tertiary/aromatic N) is 2. The molecule has 1 aliphatic rings. The Morgan fingerprint density at radius 2 is 1.94 bits per heavy atom. The van der Waals surface area contributed by atoms with Crippen LogP contribution in [-0.4, -0.2) is 62.2 Å². The Balaban J connectivity index is 1.94. The van der Waals surface area contributed by atoms with E-state index >= 15 is 0 Å². The summed E-state index contributed by atoms with van der Waals surface area (Å²) < 4.78 is 0. The lowest BCUT2D eigenvalue weighted by atomic mass is 10.0. The molecular weight excluding hydrogens is 222 g/mol. The molecule has 1 saturated heterocycles. The molecule has 0 aromatic carbocycles. The van der Waals surface area contributed by atoms with Gasteiger partial charge < -0.3 is 15.1 Å². The van der Waals surface area contributed by atoms with Gasteiger partial charge in [0.05, 0.1) is 0 Å². The lowest BCUT2D eigenvalue weighted by Gasteiger charge is -2.32. The molecule has 3 nitrogen and oxygen atoms in total. The van der Waals surface area contributed by atoms with Crippen molar-refractivity contribution in [3.05, 3.63) is 0 Å². The molecule has 0 amide bonds. The summed E-state index contributed by atoms with van der Waals surface area (Å²) in [6.45, 7) is 11.8. The van der Waals surface area contributed by atoms with Crippen LogP contribution in [0.4, 0.5) is 0 Å². The largest absolute Gasteiger partial charge is 0.317 e. The normalized spacial score (nSPS) is 21.7. The molecule has 1 rings (SSSR count). The van der Waals surface area contributed by atoms with Gasteiger partial charge in [0.1, 0.15) is 0 Å². The van der Waals surface area contributed by atoms with Gasteiger partial charge in [0.2, 0.25) is 0 Å². The van der Waals surface area contributed by atoms with E-state index in [1.807, 2.05) is 0 Å². The quantitative estimate of drug-likeness (QED) is 0.637. The van der Waals surface area contributed by atoms with E-state index < -0.39 is 0 Å². The minimum Gasteiger partial charge on any atom is -0.317 e. The summed E-state index contributed by atoms with van der Waals surface area (Å²) in [6, 6.07) is 0.828. The van der Waals surface area contributed by atoms with E-state index in [1.165, 1.54) is 71.4 Å². The van der Waals surface area contributed by atoms with Gasteiger partial charge in [0.15, 0.2) is 0 Å². The van der Waals surface area contributed by atoms with E-state index in [-0.39, 0.29) is 0 Å². The summed E-state index contributed by atoms with van der Waals surface area (Å²) in [5.41, 5.74) is 0. The minimum atomic E-state index is 0.828. The molecule has 1 atom stereocenters. The molecule has 1 aliphatic heterocycles. The van der Waals surface area contributed by atoms with Crippen LogP contribution in [-0.2, 0) is 0 Å². The highest BCUT2D eigenvalue weighted by Crippen LogP contribution is 2.16. The van der Waals surface area contributed by atoms with E-state index in [4.69, 9.17) is 0 Å². The summed E-state index contributed by atoms with van der Waals surface area (Å²) in [5.74, 6) is 0. The van der Waals surface area contributed by atoms with Crippen LogP contribution >= 0.6 is 0 Å². The summed E-state index contributed by atoms with van der Waals surface area (Å²) in [5, 5.41) is 3.60. The smallest absolute Gasteiger partial charge is 0.0104 e. The van der Waals surface area contributed by atoms with Gasteiger partial charge >= 0.3 is 0 Å². The number of rotatable bonds is 9. The number of hydrogen-bond donors (Lipinski definition) is 1. The fourth-order valence-corrected chi connectivity index (χ4v) is 2.87. The van der Waals surface area contributed by atoms with Gasteiger partial charge in [-0.05, 0) is 72.0 Å². The molecule has 18 heavy (non-hydrogen) atoms. The first-order valence-corrected chi connectivity index (χ1v) is 7.91. The van der Waals surface area contributed by atoms with Gasteiger partial charge in [0.25, 0.3) is 0 Å². The molecule has 0 radical (unpaired) electrons. The summed E-state index contributed by atoms with van der Waals surface area (Å²) in [4.78, 5) is 5.04. The van der Waals surface area contributed by atoms with Crippen molar-refractivity contribution in [3.63, 3.8) is 0 Å². The highest BCUT2D eigenvalue weighted by Gasteiger charge is 2.17. The number of likely N-dealkylation sites (tertiary alicyclic amines) is 1. The highest BCUT2D eigenvalue weighted by molar-refractivity contribution is 4.74. The molecule has 3 heteroatoms. The van der Waals surface area contributed by atoms with Crippen LogP contribution in [0.2, 0.25) is 0 Å². The Bertz CT molecular complexity index is 192. The molecule has 0 aromatic rings. The van der Waals surface area contributed by atoms with Crippen LogP contribution in [0.1, 0.15) is 46.0 Å². The molecule has 0 aliphatic carbocycles. The standard InChI is InChI=1S/C15H33N3/c1-4-18(5-2)14-8-11-16-12-10-15-9-6-7-13-17(15)3/h15-16H,4-14H2,1-3H3. The first-order chi connectivity index (χ1) is 8.77. The zero-order valence-corrected chi connectivity index (χ0v) is 12.7. The first kappa shape index (κ1) is 15.9. The fraction of sp³-hybridized carbons (Fsp3) is 1.00. The van der Waals surface area contributed by atoms with Crippen molar-refractivity contribution in [2.75, 3.05) is 46.3 Å². The number of piperidine rings is 1. The second kappa shape index (κ2) is 9.76. The van der Waals surface area contributed by atoms with Crippen LogP contribution in [0.15, 0.2) is 0 Å². The maximum Gasteiger partial charge on any atom is 0.0104 e. The predicted molar refractivity (Wildman–Crippen MR) is 80.2 cm³/mol. The second-order valence-electron chi connectivity index (χ2n) is 5.55. The van der Waals surface area contributed by atoms with Gasteiger partial charge in [-0.1, -0.05) is 20.3 Å². The third-order valence-corrected chi connectivity index (χ3v) is 4.30. The van der Waals surface area contributed by atoms with Crippen LogP contribution in [0.5, 0.6) is 0 Å². The van der Waals surface area contributed by atoms with Crippen molar-refractivity contribution in [1.29, 1.82) is 0 Å². The lowest BCUT2D eigenvalue weighted by Crippen LogP contribution is -2.38. The van der Waals surface area contributed by atoms with Crippen LogP contribution in [0, 0.1) is 0 Å². The van der Waals surface area contributed by atoms with Crippen molar-refractivity contribution >= 4 is 0 Å². The third kappa shape index (κ3) is 6.17. The topological polar surface area (TPSA) is 18.5 Å². The summed E-state index contributed by atoms with van der Waals surface area (Å²) >= 11 is 0. The molecule has 1 unspecified atom stereocenters. The summed E-state index contributed by atoms with van der Waals surface area (Å²) in [6.07, 6.45) is 6.82. The maximum absolute atomic E-state index is 3.60. The number of nitrogens with one attached hydrogen (secondary N) is 1. The molecular formula is C15H33N3. The van der Waals surface area contributed by atoms with Crippen molar-refractivity contribution in [1.82, 2.24) is 15.1 Å². The molecule has 1 heterocycles. The average molecular weight is 255 g/mol. The second-order valence-corrected chi connectivity index (χ2v) is 5.55. The van der Waals surface area contributed by atoms with Gasteiger partial charge in [-0.3, -0.25) is 0 Å². The fourth-order valence-electron chi connectivity index (χ4n) is 2.87. The average Bonchev–Trinajstić information content (AvgIpc) is 2.40. The van der Waals surface area contributed by atoms with E-state index in [0.717, 1.165) is 6.04 Å². The third-order valence-electron chi connectivity index (χ3n) is 4.30. The van der Waals surface area contributed by atoms with E-state index in [1.54, 1.807) is 0 Å². The van der Waals surface area contributed by atoms with Gasteiger partial charge in [-0.15, -0.1) is 0 Å².